The van der Waals surface area contributed by atoms with E-state index in [9.17, 15) is 9.90 Å². The number of aliphatic hydroxyl groups excluding tert-OH is 1. The number of benzene rings is 1. The van der Waals surface area contributed by atoms with Crippen LogP contribution in [0, 0.1) is 6.92 Å². The number of amides is 1. The van der Waals surface area contributed by atoms with Crippen molar-refractivity contribution < 1.29 is 9.90 Å². The first-order chi connectivity index (χ1) is 9.09. The van der Waals surface area contributed by atoms with E-state index in [4.69, 9.17) is 11.6 Å². The molecule has 0 aliphatic rings. The molecular formula is C14H14ClNO2S. The van der Waals surface area contributed by atoms with E-state index in [1.807, 2.05) is 29.8 Å². The number of hydrogen-bond donors (Lipinski definition) is 2. The Kier molecular flexibility index (Phi) is 4.58. The van der Waals surface area contributed by atoms with Crippen molar-refractivity contribution in [1.82, 2.24) is 5.32 Å². The average molecular weight is 296 g/mol. The highest BCUT2D eigenvalue weighted by atomic mass is 35.5. The number of carbonyl (C=O) groups is 1. The van der Waals surface area contributed by atoms with Crippen LogP contribution in [0.15, 0.2) is 35.0 Å². The number of carbonyl (C=O) groups excluding carboxylic acids is 1. The zero-order valence-corrected chi connectivity index (χ0v) is 12.0. The molecule has 3 nitrogen and oxygen atoms in total. The SMILES string of the molecule is Cc1cccc(C(=O)NCC(O)c2ccsc2)c1Cl. The summed E-state index contributed by atoms with van der Waals surface area (Å²) in [7, 11) is 0. The van der Waals surface area contributed by atoms with E-state index in [1.165, 1.54) is 11.3 Å². The van der Waals surface area contributed by atoms with Gasteiger partial charge in [-0.25, -0.2) is 0 Å². The second-order valence-electron chi connectivity index (χ2n) is 4.22. The van der Waals surface area contributed by atoms with Gasteiger partial charge in [-0.1, -0.05) is 23.7 Å². The number of thiophene rings is 1. The van der Waals surface area contributed by atoms with Gasteiger partial charge in [-0.15, -0.1) is 0 Å². The Hall–Kier alpha value is -1.36. The third kappa shape index (κ3) is 3.35. The van der Waals surface area contributed by atoms with Crippen LogP contribution in [-0.2, 0) is 0 Å². The maximum Gasteiger partial charge on any atom is 0.252 e. The van der Waals surface area contributed by atoms with Crippen LogP contribution in [0.5, 0.6) is 0 Å². The van der Waals surface area contributed by atoms with Gasteiger partial charge < -0.3 is 10.4 Å². The lowest BCUT2D eigenvalue weighted by molar-refractivity contribution is 0.0916. The van der Waals surface area contributed by atoms with Crippen molar-refractivity contribution in [1.29, 1.82) is 0 Å². The van der Waals surface area contributed by atoms with Crippen molar-refractivity contribution in [3.8, 4) is 0 Å². The lowest BCUT2D eigenvalue weighted by atomic mass is 10.1. The Bertz CT molecular complexity index is 569. The maximum absolute atomic E-state index is 12.0. The highest BCUT2D eigenvalue weighted by molar-refractivity contribution is 7.07. The molecule has 5 heteroatoms. The van der Waals surface area contributed by atoms with Gasteiger partial charge in [-0.3, -0.25) is 4.79 Å². The Morgan fingerprint density at radius 3 is 2.95 bits per heavy atom. The summed E-state index contributed by atoms with van der Waals surface area (Å²) in [5.41, 5.74) is 2.09. The molecule has 100 valence electrons. The van der Waals surface area contributed by atoms with Crippen molar-refractivity contribution in [3.63, 3.8) is 0 Å². The molecule has 1 unspecified atom stereocenters. The summed E-state index contributed by atoms with van der Waals surface area (Å²) in [6.07, 6.45) is -0.696. The highest BCUT2D eigenvalue weighted by Gasteiger charge is 2.14. The molecule has 1 heterocycles. The van der Waals surface area contributed by atoms with Gasteiger partial charge in [0.15, 0.2) is 0 Å². The largest absolute Gasteiger partial charge is 0.387 e. The normalized spacial score (nSPS) is 12.2. The second-order valence-corrected chi connectivity index (χ2v) is 5.38. The first kappa shape index (κ1) is 14.1. The molecular weight excluding hydrogens is 282 g/mol. The smallest absolute Gasteiger partial charge is 0.252 e. The molecule has 2 rings (SSSR count). The zero-order valence-electron chi connectivity index (χ0n) is 10.4. The van der Waals surface area contributed by atoms with E-state index in [2.05, 4.69) is 5.32 Å². The molecule has 0 aliphatic heterocycles. The summed E-state index contributed by atoms with van der Waals surface area (Å²) >= 11 is 7.59. The van der Waals surface area contributed by atoms with Crippen LogP contribution in [0.3, 0.4) is 0 Å². The molecule has 19 heavy (non-hydrogen) atoms. The Balaban J connectivity index is 2.00. The first-order valence-electron chi connectivity index (χ1n) is 5.83. The third-order valence-corrected chi connectivity index (χ3v) is 4.02. The fourth-order valence-corrected chi connectivity index (χ4v) is 2.61. The molecule has 1 amide bonds. The highest BCUT2D eigenvalue weighted by Crippen LogP contribution is 2.20. The predicted octanol–water partition coefficient (Wildman–Crippen LogP) is 3.17. The van der Waals surface area contributed by atoms with Crippen LogP contribution < -0.4 is 5.32 Å². The van der Waals surface area contributed by atoms with Crippen LogP contribution in [0.4, 0.5) is 0 Å². The van der Waals surface area contributed by atoms with E-state index in [0.717, 1.165) is 11.1 Å². The number of aliphatic hydroxyl groups is 1. The van der Waals surface area contributed by atoms with Gasteiger partial charge in [-0.05, 0) is 40.9 Å². The lowest BCUT2D eigenvalue weighted by Gasteiger charge is -2.12. The minimum Gasteiger partial charge on any atom is -0.387 e. The van der Waals surface area contributed by atoms with Crippen LogP contribution in [0.1, 0.15) is 27.6 Å². The summed E-state index contributed by atoms with van der Waals surface area (Å²) in [5, 5.41) is 16.8. The molecule has 1 aromatic carbocycles. The molecule has 0 fully saturated rings. The summed E-state index contributed by atoms with van der Waals surface area (Å²) < 4.78 is 0. The Morgan fingerprint density at radius 1 is 1.47 bits per heavy atom. The Morgan fingerprint density at radius 2 is 2.26 bits per heavy atom. The first-order valence-corrected chi connectivity index (χ1v) is 7.15. The number of rotatable bonds is 4. The number of hydrogen-bond acceptors (Lipinski definition) is 3. The van der Waals surface area contributed by atoms with Gasteiger partial charge in [0.2, 0.25) is 0 Å². The topological polar surface area (TPSA) is 49.3 Å². The number of aryl methyl sites for hydroxylation is 1. The zero-order chi connectivity index (χ0) is 13.8. The molecule has 0 aliphatic carbocycles. The lowest BCUT2D eigenvalue weighted by Crippen LogP contribution is -2.28. The predicted molar refractivity (Wildman–Crippen MR) is 77.8 cm³/mol. The van der Waals surface area contributed by atoms with Crippen LogP contribution in [-0.4, -0.2) is 17.6 Å². The summed E-state index contributed by atoms with van der Waals surface area (Å²) in [6.45, 7) is 2.01. The van der Waals surface area contributed by atoms with Crippen LogP contribution in [0.2, 0.25) is 5.02 Å². The van der Waals surface area contributed by atoms with Crippen molar-refractivity contribution in [2.24, 2.45) is 0 Å². The minimum absolute atomic E-state index is 0.167. The molecule has 2 N–H and O–H groups in total. The molecule has 0 saturated heterocycles. The molecule has 0 bridgehead atoms. The van der Waals surface area contributed by atoms with E-state index in [-0.39, 0.29) is 12.5 Å². The summed E-state index contributed by atoms with van der Waals surface area (Å²) in [4.78, 5) is 12.0. The van der Waals surface area contributed by atoms with Crippen molar-refractivity contribution in [3.05, 3.63) is 56.7 Å². The quantitative estimate of drug-likeness (QED) is 0.910. The average Bonchev–Trinajstić information content (AvgIpc) is 2.93. The van der Waals surface area contributed by atoms with Gasteiger partial charge in [0, 0.05) is 6.54 Å². The van der Waals surface area contributed by atoms with E-state index in [1.54, 1.807) is 12.1 Å². The molecule has 0 radical (unpaired) electrons. The number of nitrogens with one attached hydrogen (secondary N) is 1. The molecule has 0 spiro atoms. The van der Waals surface area contributed by atoms with Gasteiger partial charge in [0.05, 0.1) is 16.7 Å². The number of halogens is 1. The van der Waals surface area contributed by atoms with Gasteiger partial charge in [0.25, 0.3) is 5.91 Å². The van der Waals surface area contributed by atoms with E-state index >= 15 is 0 Å². The summed E-state index contributed by atoms with van der Waals surface area (Å²) in [5.74, 6) is -0.275. The molecule has 1 atom stereocenters. The van der Waals surface area contributed by atoms with Gasteiger partial charge in [-0.2, -0.15) is 11.3 Å². The van der Waals surface area contributed by atoms with Gasteiger partial charge >= 0.3 is 0 Å². The van der Waals surface area contributed by atoms with Crippen LogP contribution in [0.25, 0.3) is 0 Å². The second kappa shape index (κ2) is 6.19. The van der Waals surface area contributed by atoms with Crippen LogP contribution >= 0.6 is 22.9 Å². The Labute approximate surface area is 120 Å². The van der Waals surface area contributed by atoms with Gasteiger partial charge in [0.1, 0.15) is 0 Å². The molecule has 1 aromatic heterocycles. The third-order valence-electron chi connectivity index (χ3n) is 2.82. The van der Waals surface area contributed by atoms with Crippen molar-refractivity contribution >= 4 is 28.8 Å². The fourth-order valence-electron chi connectivity index (χ4n) is 1.69. The standard InChI is InChI=1S/C14H14ClNO2S/c1-9-3-2-4-11(13(9)15)14(18)16-7-12(17)10-5-6-19-8-10/h2-6,8,12,17H,7H2,1H3,(H,16,18). The van der Waals surface area contributed by atoms with Crippen molar-refractivity contribution in [2.75, 3.05) is 6.54 Å². The fraction of sp³-hybridized carbons (Fsp3) is 0.214. The van der Waals surface area contributed by atoms with E-state index < -0.39 is 6.10 Å². The molecule has 0 saturated carbocycles. The maximum atomic E-state index is 12.0. The minimum atomic E-state index is -0.696. The monoisotopic (exact) mass is 295 g/mol. The van der Waals surface area contributed by atoms with Crippen molar-refractivity contribution in [2.45, 2.75) is 13.0 Å². The summed E-state index contributed by atoms with van der Waals surface area (Å²) in [6, 6.07) is 7.13. The molecule has 2 aromatic rings. The van der Waals surface area contributed by atoms with E-state index in [0.29, 0.717) is 10.6 Å².